The molecule has 0 atom stereocenters. The van der Waals surface area contributed by atoms with Crippen LogP contribution in [0.4, 0.5) is 0 Å². The number of amides is 1. The van der Waals surface area contributed by atoms with Gasteiger partial charge in [-0.2, -0.15) is 0 Å². The van der Waals surface area contributed by atoms with Crippen molar-refractivity contribution in [3.8, 4) is 0 Å². The Labute approximate surface area is 145 Å². The summed E-state index contributed by atoms with van der Waals surface area (Å²) in [5, 5.41) is 3.59. The number of hydrogen-bond acceptors (Lipinski definition) is 3. The molecule has 2 N–H and O–H groups in total. The molecule has 2 saturated carbocycles. The fourth-order valence-corrected chi connectivity index (χ4v) is 3.61. The Hall–Kier alpha value is -2.37. The second-order valence-electron chi connectivity index (χ2n) is 7.63. The van der Waals surface area contributed by atoms with Gasteiger partial charge in [-0.3, -0.25) is 14.2 Å². The summed E-state index contributed by atoms with van der Waals surface area (Å²) in [6.45, 7) is 3.58. The van der Waals surface area contributed by atoms with Crippen LogP contribution in [-0.2, 0) is 0 Å². The second kappa shape index (κ2) is 5.86. The van der Waals surface area contributed by atoms with Crippen LogP contribution in [0.5, 0.6) is 0 Å². The summed E-state index contributed by atoms with van der Waals surface area (Å²) in [5.74, 6) is 1.12. The standard InChI is InChI=1S/C19H23N3O3/c1-10(2)22-18(24)14-8-7-13(9-15(14)20-19(22)25)17(23)21-16(11-3-4-11)12-5-6-12/h7-12,16H,3-6H2,1-2H3,(H,20,25)(H,21,23). The van der Waals surface area contributed by atoms with Crippen molar-refractivity contribution in [3.63, 3.8) is 0 Å². The first-order valence-electron chi connectivity index (χ1n) is 9.05. The van der Waals surface area contributed by atoms with Crippen molar-refractivity contribution in [2.75, 3.05) is 0 Å². The summed E-state index contributed by atoms with van der Waals surface area (Å²) in [6.07, 6.45) is 4.78. The minimum atomic E-state index is -0.445. The lowest BCUT2D eigenvalue weighted by molar-refractivity contribution is 0.0926. The first-order chi connectivity index (χ1) is 12.0. The maximum atomic E-state index is 12.6. The largest absolute Gasteiger partial charge is 0.349 e. The molecule has 0 saturated heterocycles. The summed E-state index contributed by atoms with van der Waals surface area (Å²) in [7, 11) is 0. The third-order valence-electron chi connectivity index (χ3n) is 5.27. The molecule has 6 nitrogen and oxygen atoms in total. The fourth-order valence-electron chi connectivity index (χ4n) is 3.61. The number of rotatable bonds is 5. The average molecular weight is 341 g/mol. The molecular weight excluding hydrogens is 318 g/mol. The summed E-state index contributed by atoms with van der Waals surface area (Å²) in [6, 6.07) is 4.95. The number of hydrogen-bond donors (Lipinski definition) is 2. The van der Waals surface area contributed by atoms with E-state index in [-0.39, 0.29) is 23.6 Å². The molecular formula is C19H23N3O3. The van der Waals surface area contributed by atoms with Gasteiger partial charge in [0.25, 0.3) is 11.5 Å². The van der Waals surface area contributed by atoms with Gasteiger partial charge in [0, 0.05) is 17.6 Å². The lowest BCUT2D eigenvalue weighted by Gasteiger charge is -2.18. The Kier molecular flexibility index (Phi) is 3.78. The lowest BCUT2D eigenvalue weighted by Crippen LogP contribution is -2.38. The molecule has 25 heavy (non-hydrogen) atoms. The molecule has 4 rings (SSSR count). The van der Waals surface area contributed by atoms with Gasteiger partial charge in [0.15, 0.2) is 0 Å². The van der Waals surface area contributed by atoms with Gasteiger partial charge in [0.2, 0.25) is 0 Å². The maximum Gasteiger partial charge on any atom is 0.329 e. The molecule has 0 bridgehead atoms. The van der Waals surface area contributed by atoms with Crippen LogP contribution in [0.25, 0.3) is 10.9 Å². The summed E-state index contributed by atoms with van der Waals surface area (Å²) in [4.78, 5) is 40.0. The van der Waals surface area contributed by atoms with Crippen LogP contribution in [-0.4, -0.2) is 21.5 Å². The smallest absolute Gasteiger partial charge is 0.329 e. The Morgan fingerprint density at radius 2 is 1.80 bits per heavy atom. The van der Waals surface area contributed by atoms with E-state index in [1.807, 2.05) is 0 Å². The van der Waals surface area contributed by atoms with Crippen LogP contribution < -0.4 is 16.6 Å². The Bertz CT molecular complexity index is 937. The lowest BCUT2D eigenvalue weighted by atomic mass is 10.1. The van der Waals surface area contributed by atoms with E-state index in [0.717, 1.165) is 0 Å². The molecule has 1 aromatic carbocycles. The quantitative estimate of drug-likeness (QED) is 0.874. The highest BCUT2D eigenvalue weighted by molar-refractivity contribution is 5.97. The first kappa shape index (κ1) is 16.1. The number of aromatic nitrogens is 2. The number of nitrogens with one attached hydrogen (secondary N) is 2. The van der Waals surface area contributed by atoms with E-state index in [4.69, 9.17) is 0 Å². The van der Waals surface area contributed by atoms with Crippen LogP contribution >= 0.6 is 0 Å². The third kappa shape index (κ3) is 3.01. The van der Waals surface area contributed by atoms with Gasteiger partial charge in [-0.1, -0.05) is 0 Å². The van der Waals surface area contributed by atoms with Crippen LogP contribution in [0, 0.1) is 11.8 Å². The molecule has 132 valence electrons. The van der Waals surface area contributed by atoms with Gasteiger partial charge in [-0.05, 0) is 69.6 Å². The van der Waals surface area contributed by atoms with Crippen molar-refractivity contribution in [3.05, 3.63) is 44.6 Å². The highest BCUT2D eigenvalue weighted by Crippen LogP contribution is 2.44. The SMILES string of the molecule is CC(C)n1c(=O)[nH]c2cc(C(=O)NC(C3CC3)C3CC3)ccc2c1=O. The molecule has 1 heterocycles. The molecule has 2 aromatic rings. The number of carbonyl (C=O) groups excluding carboxylic acids is 1. The van der Waals surface area contributed by atoms with Crippen molar-refractivity contribution in [1.82, 2.24) is 14.9 Å². The minimum absolute atomic E-state index is 0.125. The first-order valence-corrected chi connectivity index (χ1v) is 9.05. The molecule has 0 radical (unpaired) electrons. The van der Waals surface area contributed by atoms with Crippen molar-refractivity contribution >= 4 is 16.8 Å². The Morgan fingerprint density at radius 3 is 2.36 bits per heavy atom. The molecule has 0 unspecified atom stereocenters. The number of fused-ring (bicyclic) bond motifs is 1. The second-order valence-corrected chi connectivity index (χ2v) is 7.63. The highest BCUT2D eigenvalue weighted by atomic mass is 16.2. The molecule has 6 heteroatoms. The van der Waals surface area contributed by atoms with Crippen molar-refractivity contribution in [2.24, 2.45) is 11.8 Å². The van der Waals surface area contributed by atoms with Crippen LogP contribution in [0.3, 0.4) is 0 Å². The topological polar surface area (TPSA) is 84.0 Å². The van der Waals surface area contributed by atoms with E-state index >= 15 is 0 Å². The Morgan fingerprint density at radius 1 is 1.16 bits per heavy atom. The van der Waals surface area contributed by atoms with E-state index < -0.39 is 5.69 Å². The summed E-state index contributed by atoms with van der Waals surface area (Å²) >= 11 is 0. The normalized spacial score (nSPS) is 17.4. The molecule has 1 aromatic heterocycles. The van der Waals surface area contributed by atoms with Crippen molar-refractivity contribution < 1.29 is 4.79 Å². The van der Waals surface area contributed by atoms with Crippen molar-refractivity contribution in [2.45, 2.75) is 51.6 Å². The maximum absolute atomic E-state index is 12.6. The Balaban J connectivity index is 1.66. The molecule has 0 aliphatic heterocycles. The van der Waals surface area contributed by atoms with Gasteiger partial charge in [-0.25, -0.2) is 4.79 Å². The number of H-pyrrole nitrogens is 1. The van der Waals surface area contributed by atoms with E-state index in [1.165, 1.54) is 30.3 Å². The van der Waals surface area contributed by atoms with E-state index in [2.05, 4.69) is 10.3 Å². The summed E-state index contributed by atoms with van der Waals surface area (Å²) < 4.78 is 1.19. The summed E-state index contributed by atoms with van der Waals surface area (Å²) in [5.41, 5.74) is 0.124. The van der Waals surface area contributed by atoms with Gasteiger partial charge < -0.3 is 10.3 Å². The predicted molar refractivity (Wildman–Crippen MR) is 95.9 cm³/mol. The van der Waals surface area contributed by atoms with E-state index in [9.17, 15) is 14.4 Å². The van der Waals surface area contributed by atoms with E-state index in [1.54, 1.807) is 32.0 Å². The monoisotopic (exact) mass is 341 g/mol. The fraction of sp³-hybridized carbons (Fsp3) is 0.526. The number of nitrogens with zero attached hydrogens (tertiary/aromatic N) is 1. The van der Waals surface area contributed by atoms with Crippen LogP contribution in [0.15, 0.2) is 27.8 Å². The van der Waals surface area contributed by atoms with E-state index in [0.29, 0.717) is 28.3 Å². The molecule has 1 amide bonds. The number of carbonyl (C=O) groups is 1. The molecule has 2 aliphatic rings. The molecule has 2 aliphatic carbocycles. The van der Waals surface area contributed by atoms with Gasteiger partial charge >= 0.3 is 5.69 Å². The van der Waals surface area contributed by atoms with Gasteiger partial charge in [-0.15, -0.1) is 0 Å². The minimum Gasteiger partial charge on any atom is -0.349 e. The highest BCUT2D eigenvalue weighted by Gasteiger charge is 2.42. The van der Waals surface area contributed by atoms with Crippen LogP contribution in [0.1, 0.15) is 55.9 Å². The number of aromatic amines is 1. The molecule has 2 fully saturated rings. The molecule has 0 spiro atoms. The van der Waals surface area contributed by atoms with Crippen LogP contribution in [0.2, 0.25) is 0 Å². The average Bonchev–Trinajstić information content (AvgIpc) is 3.45. The van der Waals surface area contributed by atoms with Crippen molar-refractivity contribution in [1.29, 1.82) is 0 Å². The predicted octanol–water partition coefficient (Wildman–Crippen LogP) is 2.19. The zero-order valence-corrected chi connectivity index (χ0v) is 14.5. The number of benzene rings is 1. The third-order valence-corrected chi connectivity index (χ3v) is 5.27. The zero-order chi connectivity index (χ0) is 17.7. The zero-order valence-electron chi connectivity index (χ0n) is 14.5. The van der Waals surface area contributed by atoms with Gasteiger partial charge in [0.1, 0.15) is 0 Å². The van der Waals surface area contributed by atoms with Gasteiger partial charge in [0.05, 0.1) is 10.9 Å².